The third-order valence-electron chi connectivity index (χ3n) is 4.02. The minimum absolute atomic E-state index is 0.0634. The van der Waals surface area contributed by atoms with Crippen molar-refractivity contribution in [2.75, 3.05) is 0 Å². The second-order valence-corrected chi connectivity index (χ2v) is 7.01. The van der Waals surface area contributed by atoms with Gasteiger partial charge in [0.25, 0.3) is 0 Å². The summed E-state index contributed by atoms with van der Waals surface area (Å²) in [6.45, 7) is 1.88. The van der Waals surface area contributed by atoms with Gasteiger partial charge in [-0.2, -0.15) is 0 Å². The Hall–Kier alpha value is -2.86. The highest BCUT2D eigenvalue weighted by Gasteiger charge is 2.21. The second kappa shape index (κ2) is 6.57. The van der Waals surface area contributed by atoms with E-state index in [0.717, 1.165) is 16.5 Å². The number of para-hydroxylation sites is 1. The molecule has 0 radical (unpaired) electrons. The maximum Gasteiger partial charge on any atom is 0.209 e. The van der Waals surface area contributed by atoms with Crippen molar-refractivity contribution in [3.63, 3.8) is 0 Å². The molecule has 6 heteroatoms. The number of H-pyrrole nitrogens is 2. The first kappa shape index (κ1) is 15.7. The van der Waals surface area contributed by atoms with Crippen molar-refractivity contribution in [2.45, 2.75) is 17.3 Å². The summed E-state index contributed by atoms with van der Waals surface area (Å²) in [5.41, 5.74) is 2.64. The van der Waals surface area contributed by atoms with Crippen LogP contribution in [-0.2, 0) is 0 Å². The van der Waals surface area contributed by atoms with Gasteiger partial charge in [-0.15, -0.1) is 5.10 Å². The van der Waals surface area contributed by atoms with Gasteiger partial charge in [0, 0.05) is 28.2 Å². The Bertz CT molecular complexity index is 1020. The first-order chi connectivity index (χ1) is 12.2. The molecule has 0 aliphatic rings. The molecule has 0 saturated carbocycles. The van der Waals surface area contributed by atoms with Crippen molar-refractivity contribution in [2.24, 2.45) is 0 Å². The number of nitrogens with zero attached hydrogens (tertiary/aromatic N) is 2. The van der Waals surface area contributed by atoms with Crippen molar-refractivity contribution >= 4 is 28.4 Å². The van der Waals surface area contributed by atoms with E-state index < -0.39 is 0 Å². The molecule has 0 aliphatic carbocycles. The molecular weight excluding hydrogens is 332 g/mol. The van der Waals surface area contributed by atoms with Crippen LogP contribution in [0.25, 0.3) is 22.3 Å². The van der Waals surface area contributed by atoms with Crippen LogP contribution < -0.4 is 0 Å². The Morgan fingerprint density at radius 2 is 1.84 bits per heavy atom. The number of carbonyl (C=O) groups is 1. The summed E-state index contributed by atoms with van der Waals surface area (Å²) >= 11 is 1.36. The first-order valence-corrected chi connectivity index (χ1v) is 8.85. The van der Waals surface area contributed by atoms with E-state index in [4.69, 9.17) is 0 Å². The van der Waals surface area contributed by atoms with E-state index in [-0.39, 0.29) is 11.0 Å². The molecule has 4 aromatic rings. The fraction of sp³-hybridized carbons (Fsp3) is 0.105. The Kier molecular flexibility index (Phi) is 4.11. The second-order valence-electron chi connectivity index (χ2n) is 5.70. The minimum Gasteiger partial charge on any atom is -0.360 e. The summed E-state index contributed by atoms with van der Waals surface area (Å²) in [5.74, 6) is 0.767. The van der Waals surface area contributed by atoms with Crippen LogP contribution in [-0.4, -0.2) is 31.2 Å². The van der Waals surface area contributed by atoms with Crippen LogP contribution in [0.4, 0.5) is 0 Å². The number of aromatic amines is 2. The molecule has 5 nitrogen and oxygen atoms in total. The van der Waals surface area contributed by atoms with E-state index in [1.54, 1.807) is 6.20 Å². The lowest BCUT2D eigenvalue weighted by atomic mass is 10.1. The van der Waals surface area contributed by atoms with Gasteiger partial charge in [0.15, 0.2) is 11.6 Å². The first-order valence-electron chi connectivity index (χ1n) is 7.97. The van der Waals surface area contributed by atoms with Gasteiger partial charge in [0.2, 0.25) is 5.16 Å². The summed E-state index contributed by atoms with van der Waals surface area (Å²) in [4.78, 5) is 20.4. The quantitative estimate of drug-likeness (QED) is 0.416. The molecule has 25 heavy (non-hydrogen) atoms. The van der Waals surface area contributed by atoms with E-state index in [9.17, 15) is 4.79 Å². The van der Waals surface area contributed by atoms with Crippen LogP contribution in [0.5, 0.6) is 0 Å². The molecule has 0 saturated heterocycles. The van der Waals surface area contributed by atoms with Crippen molar-refractivity contribution in [3.05, 3.63) is 66.4 Å². The van der Waals surface area contributed by atoms with E-state index in [1.165, 1.54) is 11.8 Å². The van der Waals surface area contributed by atoms with Crippen LogP contribution in [0.15, 0.2) is 66.0 Å². The highest BCUT2D eigenvalue weighted by molar-refractivity contribution is 8.00. The number of rotatable bonds is 5. The molecule has 4 rings (SSSR count). The van der Waals surface area contributed by atoms with Gasteiger partial charge >= 0.3 is 0 Å². The van der Waals surface area contributed by atoms with Crippen molar-refractivity contribution in [1.82, 2.24) is 20.2 Å². The normalized spacial score (nSPS) is 12.4. The molecule has 0 aliphatic heterocycles. The number of carbonyl (C=O) groups excluding carboxylic acids is 1. The summed E-state index contributed by atoms with van der Waals surface area (Å²) in [6, 6.07) is 17.6. The fourth-order valence-corrected chi connectivity index (χ4v) is 3.52. The Morgan fingerprint density at radius 1 is 1.08 bits per heavy atom. The zero-order chi connectivity index (χ0) is 17.2. The average molecular weight is 348 g/mol. The standard InChI is InChI=1S/C19H16N4OS/c1-12(17(24)15-11-20-16-10-6-5-9-14(15)16)25-19-21-18(22-23-19)13-7-3-2-4-8-13/h2-12,20H,1H3,(H,21,22,23)/t12-/m0/s1. The summed E-state index contributed by atoms with van der Waals surface area (Å²) in [6.07, 6.45) is 1.78. The molecule has 0 bridgehead atoms. The summed E-state index contributed by atoms with van der Waals surface area (Å²) in [5, 5.41) is 8.39. The largest absolute Gasteiger partial charge is 0.360 e. The van der Waals surface area contributed by atoms with Gasteiger partial charge in [-0.25, -0.2) is 4.98 Å². The van der Waals surface area contributed by atoms with Crippen molar-refractivity contribution in [3.8, 4) is 11.4 Å². The average Bonchev–Trinajstić information content (AvgIpc) is 3.29. The molecule has 2 heterocycles. The highest BCUT2D eigenvalue weighted by Crippen LogP contribution is 2.27. The maximum atomic E-state index is 12.8. The number of thioether (sulfide) groups is 1. The van der Waals surface area contributed by atoms with Gasteiger partial charge in [0.1, 0.15) is 0 Å². The van der Waals surface area contributed by atoms with Gasteiger partial charge in [0.05, 0.1) is 5.25 Å². The molecule has 1 atom stereocenters. The van der Waals surface area contributed by atoms with Crippen LogP contribution in [0, 0.1) is 0 Å². The fourth-order valence-electron chi connectivity index (χ4n) is 2.73. The monoisotopic (exact) mass is 348 g/mol. The van der Waals surface area contributed by atoms with E-state index in [1.807, 2.05) is 61.5 Å². The number of benzene rings is 2. The van der Waals surface area contributed by atoms with Crippen LogP contribution in [0.2, 0.25) is 0 Å². The third kappa shape index (κ3) is 3.08. The topological polar surface area (TPSA) is 74.4 Å². The SMILES string of the molecule is C[C@H](Sc1n[nH]c(-c2ccccc2)n1)C(=O)c1c[nH]c2ccccc12. The lowest BCUT2D eigenvalue weighted by Crippen LogP contribution is -2.13. The highest BCUT2D eigenvalue weighted by atomic mass is 32.2. The Labute approximate surface area is 148 Å². The zero-order valence-electron chi connectivity index (χ0n) is 13.6. The van der Waals surface area contributed by atoms with E-state index in [2.05, 4.69) is 20.2 Å². The van der Waals surface area contributed by atoms with Crippen molar-refractivity contribution in [1.29, 1.82) is 0 Å². The zero-order valence-corrected chi connectivity index (χ0v) is 14.4. The predicted molar refractivity (Wildman–Crippen MR) is 99.8 cm³/mol. The molecule has 124 valence electrons. The molecule has 0 unspecified atom stereocenters. The molecule has 2 N–H and O–H groups in total. The molecule has 2 aromatic heterocycles. The number of nitrogens with one attached hydrogen (secondary N) is 2. The van der Waals surface area contributed by atoms with Crippen molar-refractivity contribution < 1.29 is 4.79 Å². The summed E-state index contributed by atoms with van der Waals surface area (Å²) in [7, 11) is 0. The lowest BCUT2D eigenvalue weighted by Gasteiger charge is -2.06. The van der Waals surface area contributed by atoms with Gasteiger partial charge < -0.3 is 4.98 Å². The lowest BCUT2D eigenvalue weighted by molar-refractivity contribution is 0.0995. The smallest absolute Gasteiger partial charge is 0.209 e. The number of fused-ring (bicyclic) bond motifs is 1. The minimum atomic E-state index is -0.279. The van der Waals surface area contributed by atoms with Crippen LogP contribution >= 0.6 is 11.8 Å². The van der Waals surface area contributed by atoms with E-state index >= 15 is 0 Å². The summed E-state index contributed by atoms with van der Waals surface area (Å²) < 4.78 is 0. The predicted octanol–water partition coefficient (Wildman–Crippen LogP) is 4.32. The van der Waals surface area contributed by atoms with Gasteiger partial charge in [-0.3, -0.25) is 9.89 Å². The van der Waals surface area contributed by atoms with Crippen LogP contribution in [0.3, 0.4) is 0 Å². The third-order valence-corrected chi connectivity index (χ3v) is 4.98. The van der Waals surface area contributed by atoms with E-state index in [0.29, 0.717) is 16.5 Å². The number of Topliss-reactive ketones (excluding diaryl/α,β-unsaturated/α-hetero) is 1. The number of ketones is 1. The molecule has 0 fully saturated rings. The van der Waals surface area contributed by atoms with Crippen LogP contribution in [0.1, 0.15) is 17.3 Å². The Balaban J connectivity index is 1.53. The molecular formula is C19H16N4OS. The number of aromatic nitrogens is 4. The van der Waals surface area contributed by atoms with Gasteiger partial charge in [-0.1, -0.05) is 60.3 Å². The maximum absolute atomic E-state index is 12.8. The molecule has 0 amide bonds. The number of hydrogen-bond donors (Lipinski definition) is 2. The molecule has 0 spiro atoms. The Morgan fingerprint density at radius 3 is 2.68 bits per heavy atom. The number of hydrogen-bond acceptors (Lipinski definition) is 4. The van der Waals surface area contributed by atoms with Gasteiger partial charge in [-0.05, 0) is 13.0 Å². The molecule has 2 aromatic carbocycles.